The number of anilines is 3. The fourth-order valence-corrected chi connectivity index (χ4v) is 3.58. The van der Waals surface area contributed by atoms with E-state index in [2.05, 4.69) is 25.3 Å². The average Bonchev–Trinajstić information content (AvgIpc) is 2.82. The van der Waals surface area contributed by atoms with Crippen molar-refractivity contribution in [1.29, 1.82) is 0 Å². The molecule has 0 bridgehead atoms. The molecule has 3 aromatic rings. The maximum atomic E-state index is 13.9. The van der Waals surface area contributed by atoms with Crippen LogP contribution in [0.1, 0.15) is 40.9 Å². The molecule has 0 spiro atoms. The number of halogens is 3. The van der Waals surface area contributed by atoms with E-state index in [1.54, 1.807) is 0 Å². The number of nitrogens with zero attached hydrogens (tertiary/aromatic N) is 5. The predicted octanol–water partition coefficient (Wildman–Crippen LogP) is 1.68. The van der Waals surface area contributed by atoms with Crippen LogP contribution in [0.4, 0.5) is 30.6 Å². The number of alkyl halides is 3. The van der Waals surface area contributed by atoms with Crippen LogP contribution in [0.2, 0.25) is 0 Å². The normalized spacial score (nSPS) is 12.2. The second-order valence-electron chi connectivity index (χ2n) is 8.24. The minimum Gasteiger partial charge on any atom is -0.481 e. The highest BCUT2D eigenvalue weighted by atomic mass is 19.4. The SMILES string of the molecule is CN(Cc1cnc2nc(N)nc(N)c2n1)c1ccc(C(=O)NC(CCCC(=O)O)C(=O)O)cc1C(F)(F)F. The molecule has 1 unspecified atom stereocenters. The number of amides is 1. The molecule has 3 rings (SSSR count). The van der Waals surface area contributed by atoms with E-state index < -0.39 is 41.2 Å². The Morgan fingerprint density at radius 2 is 1.84 bits per heavy atom. The van der Waals surface area contributed by atoms with Gasteiger partial charge < -0.3 is 31.9 Å². The van der Waals surface area contributed by atoms with Crippen molar-refractivity contribution in [2.45, 2.75) is 38.0 Å². The number of carboxylic acid groups (broad SMARTS) is 2. The van der Waals surface area contributed by atoms with Crippen LogP contribution < -0.4 is 21.7 Å². The van der Waals surface area contributed by atoms with E-state index in [4.69, 9.17) is 16.6 Å². The highest BCUT2D eigenvalue weighted by Gasteiger charge is 2.35. The summed E-state index contributed by atoms with van der Waals surface area (Å²) in [4.78, 5) is 51.9. The van der Waals surface area contributed by atoms with Crippen molar-refractivity contribution >= 4 is 46.5 Å². The molecule has 1 amide bonds. The van der Waals surface area contributed by atoms with Crippen molar-refractivity contribution in [3.63, 3.8) is 0 Å². The zero-order valence-electron chi connectivity index (χ0n) is 19.9. The first-order valence-electron chi connectivity index (χ1n) is 11.0. The Bertz CT molecular complexity index is 1390. The largest absolute Gasteiger partial charge is 0.481 e. The lowest BCUT2D eigenvalue weighted by molar-refractivity contribution is -0.140. The topological polar surface area (TPSA) is 211 Å². The van der Waals surface area contributed by atoms with Crippen molar-refractivity contribution in [1.82, 2.24) is 25.3 Å². The number of carbonyl (C=O) groups is 3. The quantitative estimate of drug-likeness (QED) is 0.250. The number of nitrogens with one attached hydrogen (secondary N) is 1. The molecule has 13 nitrogen and oxygen atoms in total. The molecule has 1 atom stereocenters. The third kappa shape index (κ3) is 6.71. The fraction of sp³-hybridized carbons (Fsp3) is 0.318. The molecule has 7 N–H and O–H groups in total. The Morgan fingerprint density at radius 1 is 1.13 bits per heavy atom. The summed E-state index contributed by atoms with van der Waals surface area (Å²) < 4.78 is 41.8. The van der Waals surface area contributed by atoms with Gasteiger partial charge in [0.05, 0.1) is 24.0 Å². The molecule has 0 saturated carbocycles. The van der Waals surface area contributed by atoms with E-state index in [0.29, 0.717) is 6.07 Å². The average molecular weight is 536 g/mol. The first kappa shape index (κ1) is 27.8. The van der Waals surface area contributed by atoms with Crippen molar-refractivity contribution < 1.29 is 37.8 Å². The molecule has 0 fully saturated rings. The van der Waals surface area contributed by atoms with E-state index in [1.165, 1.54) is 18.1 Å². The number of nitrogen functional groups attached to an aromatic ring is 2. The Labute approximate surface area is 212 Å². The summed E-state index contributed by atoms with van der Waals surface area (Å²) in [5.41, 5.74) is 9.96. The maximum absolute atomic E-state index is 13.9. The van der Waals surface area contributed by atoms with Gasteiger partial charge >= 0.3 is 18.1 Å². The van der Waals surface area contributed by atoms with Crippen molar-refractivity contribution in [3.05, 3.63) is 41.2 Å². The monoisotopic (exact) mass is 536 g/mol. The Kier molecular flexibility index (Phi) is 8.13. The van der Waals surface area contributed by atoms with Crippen molar-refractivity contribution in [3.8, 4) is 0 Å². The number of aromatic nitrogens is 4. The van der Waals surface area contributed by atoms with Gasteiger partial charge in [-0.1, -0.05) is 0 Å². The Hall–Kier alpha value is -4.76. The first-order chi connectivity index (χ1) is 17.8. The van der Waals surface area contributed by atoms with Gasteiger partial charge in [-0.3, -0.25) is 9.59 Å². The Morgan fingerprint density at radius 3 is 2.47 bits per heavy atom. The highest BCUT2D eigenvalue weighted by Crippen LogP contribution is 2.37. The number of carbonyl (C=O) groups excluding carboxylic acids is 1. The molecular formula is C22H23F3N8O5. The summed E-state index contributed by atoms with van der Waals surface area (Å²) in [6.07, 6.45) is -4.15. The van der Waals surface area contributed by atoms with Gasteiger partial charge in [0.15, 0.2) is 17.0 Å². The van der Waals surface area contributed by atoms with Gasteiger partial charge in [-0.05, 0) is 31.0 Å². The molecule has 0 aliphatic heterocycles. The Balaban J connectivity index is 1.85. The van der Waals surface area contributed by atoms with Crippen molar-refractivity contribution in [2.24, 2.45) is 0 Å². The molecule has 0 saturated heterocycles. The molecule has 0 radical (unpaired) electrons. The number of benzene rings is 1. The summed E-state index contributed by atoms with van der Waals surface area (Å²) >= 11 is 0. The number of hydrogen-bond donors (Lipinski definition) is 5. The van der Waals surface area contributed by atoms with Gasteiger partial charge in [-0.2, -0.15) is 23.1 Å². The molecule has 2 aromatic heterocycles. The zero-order valence-corrected chi connectivity index (χ0v) is 19.9. The minimum absolute atomic E-state index is 0.0431. The standard InChI is InChI=1S/C22H23F3N8O5/c1-33(9-11-8-28-18-16(29-11)17(26)31-21(27)32-18)14-6-5-10(7-12(14)22(23,24)25)19(36)30-13(20(37)38)3-2-4-15(34)35/h5-8,13H,2-4,9H2,1H3,(H,30,36)(H,34,35)(H,37,38)(H4,26,27,28,31,32). The van der Waals surface area contributed by atoms with Crippen LogP contribution >= 0.6 is 0 Å². The van der Waals surface area contributed by atoms with E-state index in [9.17, 15) is 32.7 Å². The van der Waals surface area contributed by atoms with Gasteiger partial charge in [0.25, 0.3) is 5.91 Å². The maximum Gasteiger partial charge on any atom is 0.418 e. The van der Waals surface area contributed by atoms with E-state index >= 15 is 0 Å². The summed E-state index contributed by atoms with van der Waals surface area (Å²) in [5, 5.41) is 20.1. The van der Waals surface area contributed by atoms with Crippen LogP contribution in [-0.2, 0) is 22.3 Å². The molecular weight excluding hydrogens is 513 g/mol. The smallest absolute Gasteiger partial charge is 0.418 e. The van der Waals surface area contributed by atoms with E-state index in [1.807, 2.05) is 0 Å². The lowest BCUT2D eigenvalue weighted by Crippen LogP contribution is -2.41. The first-order valence-corrected chi connectivity index (χ1v) is 11.0. The van der Waals surface area contributed by atoms with Crippen LogP contribution in [0.15, 0.2) is 24.4 Å². The van der Waals surface area contributed by atoms with Crippen LogP contribution in [0.5, 0.6) is 0 Å². The number of fused-ring (bicyclic) bond motifs is 1. The van der Waals surface area contributed by atoms with Crippen LogP contribution in [0, 0.1) is 0 Å². The van der Waals surface area contributed by atoms with Crippen LogP contribution in [0.3, 0.4) is 0 Å². The molecule has 0 aliphatic carbocycles. The van der Waals surface area contributed by atoms with Gasteiger partial charge in [0, 0.05) is 24.7 Å². The van der Waals surface area contributed by atoms with Crippen molar-refractivity contribution in [2.75, 3.05) is 23.4 Å². The van der Waals surface area contributed by atoms with Gasteiger partial charge in [-0.25, -0.2) is 14.8 Å². The minimum atomic E-state index is -4.86. The van der Waals surface area contributed by atoms with E-state index in [0.717, 1.165) is 12.1 Å². The van der Waals surface area contributed by atoms with Crippen LogP contribution in [0.25, 0.3) is 11.2 Å². The third-order valence-electron chi connectivity index (χ3n) is 5.36. The molecule has 2 heterocycles. The van der Waals surface area contributed by atoms with Gasteiger partial charge in [-0.15, -0.1) is 0 Å². The second kappa shape index (κ2) is 11.1. The number of hydrogen-bond acceptors (Lipinski definition) is 10. The molecule has 38 heavy (non-hydrogen) atoms. The number of nitrogens with two attached hydrogens (primary N) is 2. The second-order valence-corrected chi connectivity index (χ2v) is 8.24. The zero-order chi connectivity index (χ0) is 28.2. The lowest BCUT2D eigenvalue weighted by Gasteiger charge is -2.24. The van der Waals surface area contributed by atoms with Gasteiger partial charge in [0.2, 0.25) is 5.95 Å². The van der Waals surface area contributed by atoms with Gasteiger partial charge in [0.1, 0.15) is 6.04 Å². The van der Waals surface area contributed by atoms with Crippen LogP contribution in [-0.4, -0.2) is 61.1 Å². The summed E-state index contributed by atoms with van der Waals surface area (Å²) in [7, 11) is 1.38. The highest BCUT2D eigenvalue weighted by molar-refractivity contribution is 5.97. The summed E-state index contributed by atoms with van der Waals surface area (Å²) in [6, 6.07) is 1.33. The number of aliphatic carboxylic acids is 2. The summed E-state index contributed by atoms with van der Waals surface area (Å²) in [6.45, 7) is -0.133. The predicted molar refractivity (Wildman–Crippen MR) is 128 cm³/mol. The molecule has 202 valence electrons. The lowest BCUT2D eigenvalue weighted by atomic mass is 10.0. The molecule has 16 heteroatoms. The molecule has 1 aromatic carbocycles. The third-order valence-corrected chi connectivity index (χ3v) is 5.36. The molecule has 0 aliphatic rings. The fourth-order valence-electron chi connectivity index (χ4n) is 3.58. The van der Waals surface area contributed by atoms with E-state index in [-0.39, 0.29) is 60.1 Å². The summed E-state index contributed by atoms with van der Waals surface area (Å²) in [5.74, 6) is -3.79. The number of carboxylic acids is 2. The number of rotatable bonds is 10.